The molecule has 1 aromatic heterocycles. The van der Waals surface area contributed by atoms with E-state index in [1.165, 1.54) is 18.6 Å². The highest BCUT2D eigenvalue weighted by Gasteiger charge is 2.24. The van der Waals surface area contributed by atoms with Gasteiger partial charge in [-0.3, -0.25) is 0 Å². The van der Waals surface area contributed by atoms with Gasteiger partial charge in [-0.1, -0.05) is 6.92 Å². The van der Waals surface area contributed by atoms with E-state index in [1.54, 1.807) is 18.3 Å². The van der Waals surface area contributed by atoms with Gasteiger partial charge in [0.05, 0.1) is 4.90 Å². The largest absolute Gasteiger partial charge is 0.303 e. The first-order valence-electron chi connectivity index (χ1n) is 7.88. The first-order chi connectivity index (χ1) is 11.0. The van der Waals surface area contributed by atoms with E-state index in [0.29, 0.717) is 5.92 Å². The number of imidazole rings is 1. The minimum Gasteiger partial charge on any atom is -0.303 e. The van der Waals surface area contributed by atoms with Gasteiger partial charge in [0.2, 0.25) is 10.0 Å². The molecule has 1 unspecified atom stereocenters. The number of aromatic nitrogens is 2. The second-order valence-electron chi connectivity index (χ2n) is 5.93. The maximum Gasteiger partial charge on any atom is 0.238 e. The van der Waals surface area contributed by atoms with Crippen LogP contribution in [-0.4, -0.2) is 42.5 Å². The van der Waals surface area contributed by atoms with Gasteiger partial charge in [0.25, 0.3) is 0 Å². The van der Waals surface area contributed by atoms with Crippen molar-refractivity contribution in [2.24, 2.45) is 5.14 Å². The van der Waals surface area contributed by atoms with Crippen LogP contribution in [-0.2, 0) is 10.0 Å². The summed E-state index contributed by atoms with van der Waals surface area (Å²) in [6, 6.07) is 6.61. The zero-order valence-corrected chi connectivity index (χ0v) is 14.0. The minimum atomic E-state index is -3.66. The Morgan fingerprint density at radius 1 is 1.30 bits per heavy atom. The van der Waals surface area contributed by atoms with Crippen LogP contribution in [0.2, 0.25) is 0 Å². The molecule has 7 heteroatoms. The fourth-order valence-corrected chi connectivity index (χ4v) is 3.70. The van der Waals surface area contributed by atoms with Crippen molar-refractivity contribution < 1.29 is 8.42 Å². The lowest BCUT2D eigenvalue weighted by atomic mass is 9.97. The van der Waals surface area contributed by atoms with Crippen LogP contribution in [0.25, 0.3) is 5.69 Å². The van der Waals surface area contributed by atoms with Crippen LogP contribution in [0.5, 0.6) is 0 Å². The molecule has 0 amide bonds. The fourth-order valence-electron chi connectivity index (χ4n) is 3.19. The first-order valence-corrected chi connectivity index (χ1v) is 9.42. The zero-order valence-electron chi connectivity index (χ0n) is 13.2. The summed E-state index contributed by atoms with van der Waals surface area (Å²) in [5.41, 5.74) is 0.901. The van der Waals surface area contributed by atoms with Crippen molar-refractivity contribution in [3.63, 3.8) is 0 Å². The highest BCUT2D eigenvalue weighted by molar-refractivity contribution is 7.89. The van der Waals surface area contributed by atoms with Crippen molar-refractivity contribution in [2.75, 3.05) is 19.6 Å². The predicted octanol–water partition coefficient (Wildman–Crippen LogP) is 1.72. The fraction of sp³-hybridized carbons (Fsp3) is 0.438. The Hall–Kier alpha value is -1.70. The van der Waals surface area contributed by atoms with Crippen LogP contribution in [0.1, 0.15) is 31.5 Å². The molecule has 0 aliphatic carbocycles. The summed E-state index contributed by atoms with van der Waals surface area (Å²) in [4.78, 5) is 7.11. The van der Waals surface area contributed by atoms with Gasteiger partial charge >= 0.3 is 0 Å². The molecule has 0 bridgehead atoms. The molecule has 2 aromatic rings. The molecule has 1 atom stereocenters. The van der Waals surface area contributed by atoms with Gasteiger partial charge in [0.1, 0.15) is 5.82 Å². The highest BCUT2D eigenvalue weighted by Crippen LogP contribution is 2.27. The first kappa shape index (κ1) is 16.2. The van der Waals surface area contributed by atoms with Crippen molar-refractivity contribution in [3.05, 3.63) is 42.5 Å². The van der Waals surface area contributed by atoms with Crippen LogP contribution < -0.4 is 5.14 Å². The molecule has 1 aliphatic heterocycles. The molecule has 1 saturated heterocycles. The standard InChI is InChI=1S/C16H22N4O2S/c1-2-19-10-3-4-13(12-19)16-18-9-11-20(16)14-5-7-15(8-6-14)23(17,21)22/h5-9,11,13H,2-4,10,12H2,1H3,(H2,17,21,22). The Labute approximate surface area is 137 Å². The van der Waals surface area contributed by atoms with Crippen molar-refractivity contribution >= 4 is 10.0 Å². The van der Waals surface area contributed by atoms with E-state index in [0.717, 1.165) is 37.6 Å². The maximum atomic E-state index is 11.4. The molecule has 1 aliphatic rings. The Morgan fingerprint density at radius 3 is 2.70 bits per heavy atom. The number of rotatable bonds is 4. The van der Waals surface area contributed by atoms with Crippen molar-refractivity contribution in [1.29, 1.82) is 0 Å². The lowest BCUT2D eigenvalue weighted by Gasteiger charge is -2.31. The van der Waals surface area contributed by atoms with Crippen LogP contribution in [0.4, 0.5) is 0 Å². The van der Waals surface area contributed by atoms with E-state index in [1.807, 2.05) is 10.8 Å². The third-order valence-corrected chi connectivity index (χ3v) is 5.36. The number of primary sulfonamides is 1. The summed E-state index contributed by atoms with van der Waals surface area (Å²) < 4.78 is 24.8. The normalized spacial score (nSPS) is 19.8. The molecule has 3 rings (SSSR count). The summed E-state index contributed by atoms with van der Waals surface area (Å²) >= 11 is 0. The van der Waals surface area contributed by atoms with Gasteiger partial charge < -0.3 is 9.47 Å². The molecule has 1 aromatic carbocycles. The predicted molar refractivity (Wildman–Crippen MR) is 89.0 cm³/mol. The Kier molecular flexibility index (Phi) is 4.52. The van der Waals surface area contributed by atoms with Gasteiger partial charge in [0.15, 0.2) is 0 Å². The number of benzene rings is 1. The summed E-state index contributed by atoms with van der Waals surface area (Å²) in [5, 5.41) is 5.15. The van der Waals surface area contributed by atoms with Gasteiger partial charge in [-0.15, -0.1) is 0 Å². The van der Waals surface area contributed by atoms with Crippen LogP contribution in [0.3, 0.4) is 0 Å². The van der Waals surface area contributed by atoms with Crippen molar-refractivity contribution in [1.82, 2.24) is 14.5 Å². The molecule has 0 radical (unpaired) electrons. The number of nitrogens with two attached hydrogens (primary N) is 1. The molecule has 0 saturated carbocycles. The molecule has 2 N–H and O–H groups in total. The average molecular weight is 334 g/mol. The van der Waals surface area contributed by atoms with Crippen LogP contribution >= 0.6 is 0 Å². The van der Waals surface area contributed by atoms with E-state index < -0.39 is 10.0 Å². The lowest BCUT2D eigenvalue weighted by molar-refractivity contribution is 0.213. The van der Waals surface area contributed by atoms with Gasteiger partial charge in [-0.2, -0.15) is 0 Å². The number of hydrogen-bond donors (Lipinski definition) is 1. The molecule has 6 nitrogen and oxygen atoms in total. The second-order valence-corrected chi connectivity index (χ2v) is 7.49. The zero-order chi connectivity index (χ0) is 16.4. The minimum absolute atomic E-state index is 0.123. The van der Waals surface area contributed by atoms with E-state index in [9.17, 15) is 8.42 Å². The summed E-state index contributed by atoms with van der Waals surface area (Å²) in [6.45, 7) is 5.40. The smallest absolute Gasteiger partial charge is 0.238 e. The van der Waals surface area contributed by atoms with Crippen molar-refractivity contribution in [2.45, 2.75) is 30.6 Å². The van der Waals surface area contributed by atoms with Gasteiger partial charge in [-0.25, -0.2) is 18.5 Å². The Morgan fingerprint density at radius 2 is 2.04 bits per heavy atom. The van der Waals surface area contributed by atoms with Crippen molar-refractivity contribution in [3.8, 4) is 5.69 Å². The molecule has 2 heterocycles. The number of likely N-dealkylation sites (N-methyl/N-ethyl adjacent to an activating group) is 1. The number of nitrogens with zero attached hydrogens (tertiary/aromatic N) is 3. The van der Waals surface area contributed by atoms with E-state index in [2.05, 4.69) is 16.8 Å². The third kappa shape index (κ3) is 3.46. The number of hydrogen-bond acceptors (Lipinski definition) is 4. The monoisotopic (exact) mass is 334 g/mol. The highest BCUT2D eigenvalue weighted by atomic mass is 32.2. The van der Waals surface area contributed by atoms with Crippen LogP contribution in [0.15, 0.2) is 41.6 Å². The molecule has 124 valence electrons. The van der Waals surface area contributed by atoms with E-state index >= 15 is 0 Å². The number of likely N-dealkylation sites (tertiary alicyclic amines) is 1. The summed E-state index contributed by atoms with van der Waals surface area (Å²) in [7, 11) is -3.66. The Balaban J connectivity index is 1.89. The lowest BCUT2D eigenvalue weighted by Crippen LogP contribution is -2.35. The summed E-state index contributed by atoms with van der Waals surface area (Å²) in [5.74, 6) is 1.43. The number of sulfonamides is 1. The van der Waals surface area contributed by atoms with Gasteiger partial charge in [-0.05, 0) is 50.2 Å². The molecular weight excluding hydrogens is 312 g/mol. The second kappa shape index (κ2) is 6.43. The Bertz CT molecular complexity index is 768. The molecule has 0 spiro atoms. The number of piperidine rings is 1. The molecular formula is C16H22N4O2S. The van der Waals surface area contributed by atoms with Crippen LogP contribution in [0, 0.1) is 0 Å². The summed E-state index contributed by atoms with van der Waals surface area (Å²) in [6.07, 6.45) is 6.03. The van der Waals surface area contributed by atoms with E-state index in [4.69, 9.17) is 5.14 Å². The quantitative estimate of drug-likeness (QED) is 0.923. The average Bonchev–Trinajstić information content (AvgIpc) is 3.04. The van der Waals surface area contributed by atoms with Gasteiger partial charge in [0, 0.05) is 30.5 Å². The third-order valence-electron chi connectivity index (χ3n) is 4.43. The maximum absolute atomic E-state index is 11.4. The van der Waals surface area contributed by atoms with E-state index in [-0.39, 0.29) is 4.90 Å². The molecule has 23 heavy (non-hydrogen) atoms. The SMILES string of the molecule is CCN1CCCC(c2nccn2-c2ccc(S(N)(=O)=O)cc2)C1. The topological polar surface area (TPSA) is 81.2 Å². The molecule has 1 fully saturated rings.